The first kappa shape index (κ1) is 12.4. The molecule has 1 N–H and O–H groups in total. The van der Waals surface area contributed by atoms with E-state index in [1.54, 1.807) is 11.3 Å². The fourth-order valence-corrected chi connectivity index (χ4v) is 4.24. The molecule has 1 saturated heterocycles. The molecule has 0 bridgehead atoms. The number of aromatic nitrogens is 1. The van der Waals surface area contributed by atoms with Crippen molar-refractivity contribution >= 4 is 23.1 Å². The van der Waals surface area contributed by atoms with Gasteiger partial charge in [-0.25, -0.2) is 4.98 Å². The molecular weight excluding hydrogens is 236 g/mol. The standard InChI is InChI=1S/C12H20N2S2/c1-12(2)4-6-15-8-11(12)13-5-3-10-7-16-9-14-10/h7,9,11,13H,3-6,8H2,1-2H3. The average molecular weight is 256 g/mol. The van der Waals surface area contributed by atoms with Gasteiger partial charge in [-0.2, -0.15) is 11.8 Å². The highest BCUT2D eigenvalue weighted by Crippen LogP contribution is 2.33. The van der Waals surface area contributed by atoms with Gasteiger partial charge in [0.1, 0.15) is 0 Å². The molecule has 0 spiro atoms. The van der Waals surface area contributed by atoms with Crippen LogP contribution in [0.3, 0.4) is 0 Å². The summed E-state index contributed by atoms with van der Waals surface area (Å²) < 4.78 is 0. The minimum Gasteiger partial charge on any atom is -0.312 e. The van der Waals surface area contributed by atoms with Crippen molar-refractivity contribution in [3.8, 4) is 0 Å². The van der Waals surface area contributed by atoms with Gasteiger partial charge in [-0.3, -0.25) is 0 Å². The van der Waals surface area contributed by atoms with E-state index in [9.17, 15) is 0 Å². The van der Waals surface area contributed by atoms with E-state index in [-0.39, 0.29) is 0 Å². The number of rotatable bonds is 4. The molecule has 2 nitrogen and oxygen atoms in total. The van der Waals surface area contributed by atoms with Gasteiger partial charge in [0.2, 0.25) is 0 Å². The van der Waals surface area contributed by atoms with Crippen molar-refractivity contribution in [1.82, 2.24) is 10.3 Å². The summed E-state index contributed by atoms with van der Waals surface area (Å²) in [6, 6.07) is 0.657. The Balaban J connectivity index is 1.76. The number of hydrogen-bond acceptors (Lipinski definition) is 4. The van der Waals surface area contributed by atoms with Crippen LogP contribution in [0.4, 0.5) is 0 Å². The van der Waals surface area contributed by atoms with Crippen LogP contribution in [0, 0.1) is 5.41 Å². The molecule has 0 aromatic carbocycles. The van der Waals surface area contributed by atoms with Crippen LogP contribution >= 0.6 is 23.1 Å². The highest BCUT2D eigenvalue weighted by molar-refractivity contribution is 7.99. The zero-order valence-corrected chi connectivity index (χ0v) is 11.7. The van der Waals surface area contributed by atoms with Crippen LogP contribution in [0.5, 0.6) is 0 Å². The predicted octanol–water partition coefficient (Wildman–Crippen LogP) is 2.81. The largest absolute Gasteiger partial charge is 0.312 e. The van der Waals surface area contributed by atoms with Gasteiger partial charge >= 0.3 is 0 Å². The molecule has 4 heteroatoms. The van der Waals surface area contributed by atoms with Gasteiger partial charge in [0, 0.05) is 30.1 Å². The third kappa shape index (κ3) is 3.22. The lowest BCUT2D eigenvalue weighted by Crippen LogP contribution is -2.47. The molecule has 1 unspecified atom stereocenters. The summed E-state index contributed by atoms with van der Waals surface area (Å²) in [5, 5.41) is 5.84. The van der Waals surface area contributed by atoms with Crippen LogP contribution in [0.1, 0.15) is 26.0 Å². The molecule has 1 aliphatic rings. The van der Waals surface area contributed by atoms with Crippen molar-refractivity contribution in [3.05, 3.63) is 16.6 Å². The Morgan fingerprint density at radius 2 is 2.44 bits per heavy atom. The van der Waals surface area contributed by atoms with Crippen molar-refractivity contribution in [2.24, 2.45) is 5.41 Å². The van der Waals surface area contributed by atoms with Crippen LogP contribution in [0.2, 0.25) is 0 Å². The quantitative estimate of drug-likeness (QED) is 0.896. The van der Waals surface area contributed by atoms with Gasteiger partial charge in [0.25, 0.3) is 0 Å². The minimum atomic E-state index is 0.452. The van der Waals surface area contributed by atoms with Crippen molar-refractivity contribution in [2.75, 3.05) is 18.1 Å². The lowest BCUT2D eigenvalue weighted by atomic mass is 9.82. The molecule has 1 aromatic heterocycles. The smallest absolute Gasteiger partial charge is 0.0794 e. The second kappa shape index (κ2) is 5.52. The molecular formula is C12H20N2S2. The van der Waals surface area contributed by atoms with Crippen LogP contribution in [-0.2, 0) is 6.42 Å². The third-order valence-electron chi connectivity index (χ3n) is 3.37. The third-order valence-corrected chi connectivity index (χ3v) is 5.07. The Bertz CT molecular complexity index is 309. The first-order valence-electron chi connectivity index (χ1n) is 5.87. The molecule has 0 saturated carbocycles. The minimum absolute atomic E-state index is 0.452. The van der Waals surface area contributed by atoms with E-state index in [0.717, 1.165) is 13.0 Å². The van der Waals surface area contributed by atoms with E-state index in [0.29, 0.717) is 11.5 Å². The van der Waals surface area contributed by atoms with E-state index >= 15 is 0 Å². The molecule has 2 heterocycles. The number of thiazole rings is 1. The van der Waals surface area contributed by atoms with Crippen LogP contribution < -0.4 is 5.32 Å². The molecule has 90 valence electrons. The molecule has 1 atom stereocenters. The van der Waals surface area contributed by atoms with Gasteiger partial charge in [0.05, 0.1) is 11.2 Å². The summed E-state index contributed by atoms with van der Waals surface area (Å²) in [6.45, 7) is 5.82. The topological polar surface area (TPSA) is 24.9 Å². The van der Waals surface area contributed by atoms with Crippen molar-refractivity contribution in [2.45, 2.75) is 32.7 Å². The van der Waals surface area contributed by atoms with Crippen molar-refractivity contribution < 1.29 is 0 Å². The highest BCUT2D eigenvalue weighted by atomic mass is 32.2. The Morgan fingerprint density at radius 1 is 1.56 bits per heavy atom. The van der Waals surface area contributed by atoms with E-state index < -0.39 is 0 Å². The molecule has 1 fully saturated rings. The molecule has 0 amide bonds. The lowest BCUT2D eigenvalue weighted by Gasteiger charge is -2.38. The van der Waals surface area contributed by atoms with Gasteiger partial charge < -0.3 is 5.32 Å². The monoisotopic (exact) mass is 256 g/mol. The lowest BCUT2D eigenvalue weighted by molar-refractivity contribution is 0.247. The van der Waals surface area contributed by atoms with E-state index in [2.05, 4.69) is 41.3 Å². The Kier molecular flexibility index (Phi) is 4.27. The maximum absolute atomic E-state index is 4.31. The Morgan fingerprint density at radius 3 is 3.12 bits per heavy atom. The molecule has 0 aliphatic carbocycles. The molecule has 1 aromatic rings. The SMILES string of the molecule is CC1(C)CCSCC1NCCc1cscn1. The normalized spacial score (nSPS) is 24.5. The zero-order valence-electron chi connectivity index (χ0n) is 10.0. The summed E-state index contributed by atoms with van der Waals surface area (Å²) in [4.78, 5) is 4.31. The van der Waals surface area contributed by atoms with Crippen LogP contribution in [0.15, 0.2) is 10.9 Å². The van der Waals surface area contributed by atoms with Gasteiger partial charge in [-0.1, -0.05) is 13.8 Å². The molecule has 2 rings (SSSR count). The fraction of sp³-hybridized carbons (Fsp3) is 0.750. The number of thioether (sulfide) groups is 1. The zero-order chi connectivity index (χ0) is 11.4. The first-order valence-corrected chi connectivity index (χ1v) is 7.96. The maximum Gasteiger partial charge on any atom is 0.0794 e. The summed E-state index contributed by atoms with van der Waals surface area (Å²) in [7, 11) is 0. The van der Waals surface area contributed by atoms with Crippen molar-refractivity contribution in [3.63, 3.8) is 0 Å². The average Bonchev–Trinajstić information content (AvgIpc) is 2.73. The van der Waals surface area contributed by atoms with Gasteiger partial charge in [-0.15, -0.1) is 11.3 Å². The van der Waals surface area contributed by atoms with Crippen LogP contribution in [0.25, 0.3) is 0 Å². The first-order chi connectivity index (χ1) is 7.68. The summed E-state index contributed by atoms with van der Waals surface area (Å²) in [6.07, 6.45) is 2.38. The molecule has 0 radical (unpaired) electrons. The van der Waals surface area contributed by atoms with Gasteiger partial charge in [-0.05, 0) is 17.6 Å². The second-order valence-electron chi connectivity index (χ2n) is 5.05. The van der Waals surface area contributed by atoms with E-state index in [1.165, 1.54) is 23.6 Å². The summed E-state index contributed by atoms with van der Waals surface area (Å²) in [5.41, 5.74) is 3.59. The van der Waals surface area contributed by atoms with Crippen LogP contribution in [-0.4, -0.2) is 29.1 Å². The summed E-state index contributed by atoms with van der Waals surface area (Å²) >= 11 is 3.76. The second-order valence-corrected chi connectivity index (χ2v) is 6.92. The van der Waals surface area contributed by atoms with E-state index in [1.807, 2.05) is 5.51 Å². The maximum atomic E-state index is 4.31. The molecule has 1 aliphatic heterocycles. The Hall–Kier alpha value is -0.0600. The highest BCUT2D eigenvalue weighted by Gasteiger charge is 2.31. The Labute approximate surface area is 106 Å². The fourth-order valence-electron chi connectivity index (χ4n) is 2.01. The predicted molar refractivity (Wildman–Crippen MR) is 73.3 cm³/mol. The summed E-state index contributed by atoms with van der Waals surface area (Å²) in [5.74, 6) is 2.57. The number of nitrogens with one attached hydrogen (secondary N) is 1. The van der Waals surface area contributed by atoms with Gasteiger partial charge in [0.15, 0.2) is 0 Å². The van der Waals surface area contributed by atoms with Crippen molar-refractivity contribution in [1.29, 1.82) is 0 Å². The van der Waals surface area contributed by atoms with E-state index in [4.69, 9.17) is 0 Å². The number of hydrogen-bond donors (Lipinski definition) is 1. The molecule has 16 heavy (non-hydrogen) atoms. The number of nitrogens with zero attached hydrogens (tertiary/aromatic N) is 1.